The van der Waals surface area contributed by atoms with Crippen molar-refractivity contribution in [1.82, 2.24) is 0 Å². The maximum absolute atomic E-state index is 5.48. The first kappa shape index (κ1) is 11.3. The zero-order chi connectivity index (χ0) is 10.9. The fourth-order valence-corrected chi connectivity index (χ4v) is 4.51. The van der Waals surface area contributed by atoms with Crippen LogP contribution in [0.5, 0.6) is 0 Å². The number of thioether (sulfide) groups is 2. The quantitative estimate of drug-likeness (QED) is 0.596. The molecule has 2 nitrogen and oxygen atoms in total. The zero-order valence-electron chi connectivity index (χ0n) is 9.02. The molecule has 0 aromatic heterocycles. The maximum Gasteiger partial charge on any atom is 0.248 e. The van der Waals surface area contributed by atoms with E-state index in [1.54, 1.807) is 37.7 Å². The number of rotatable bonds is 4. The van der Waals surface area contributed by atoms with Crippen molar-refractivity contribution in [1.29, 1.82) is 0 Å². The van der Waals surface area contributed by atoms with Crippen LogP contribution in [0.15, 0.2) is 30.3 Å². The summed E-state index contributed by atoms with van der Waals surface area (Å²) in [6.45, 7) is 0. The van der Waals surface area contributed by atoms with Gasteiger partial charge in [-0.15, -0.1) is 11.8 Å². The molecule has 1 aromatic rings. The fraction of sp³-hybridized carbons (Fsp3) is 0.455. The average molecular weight is 242 g/mol. The van der Waals surface area contributed by atoms with Gasteiger partial charge < -0.3 is 9.47 Å². The van der Waals surface area contributed by atoms with Crippen molar-refractivity contribution < 1.29 is 9.47 Å². The topological polar surface area (TPSA) is 18.5 Å². The molecule has 2 rings (SSSR count). The lowest BCUT2D eigenvalue weighted by molar-refractivity contribution is -0.112. The normalized spacial score (nSPS) is 27.7. The molecular weight excluding hydrogens is 228 g/mol. The molecule has 1 fully saturated rings. The van der Waals surface area contributed by atoms with Crippen molar-refractivity contribution >= 4 is 23.5 Å². The largest absolute Gasteiger partial charge is 0.343 e. The van der Waals surface area contributed by atoms with E-state index in [0.717, 1.165) is 0 Å². The Kier molecular flexibility index (Phi) is 3.03. The molecule has 15 heavy (non-hydrogen) atoms. The number of benzene rings is 1. The van der Waals surface area contributed by atoms with E-state index >= 15 is 0 Å². The van der Waals surface area contributed by atoms with Crippen molar-refractivity contribution in [2.75, 3.05) is 20.5 Å². The van der Waals surface area contributed by atoms with Gasteiger partial charge in [0.1, 0.15) is 0 Å². The molecule has 0 aliphatic carbocycles. The first-order valence-corrected chi connectivity index (χ1v) is 6.70. The van der Waals surface area contributed by atoms with Gasteiger partial charge in [-0.2, -0.15) is 0 Å². The Hall–Kier alpha value is -0.160. The number of ether oxygens (including phenoxy) is 2. The lowest BCUT2D eigenvalue weighted by Crippen LogP contribution is -2.25. The fourth-order valence-electron chi connectivity index (χ4n) is 1.78. The summed E-state index contributed by atoms with van der Waals surface area (Å²) < 4.78 is 10.8. The number of hydrogen-bond donors (Lipinski definition) is 0. The first-order chi connectivity index (χ1) is 7.24. The molecule has 0 saturated carbocycles. The molecule has 0 bridgehead atoms. The molecule has 0 spiro atoms. The van der Waals surface area contributed by atoms with E-state index in [1.165, 1.54) is 5.56 Å². The third kappa shape index (κ3) is 1.51. The van der Waals surface area contributed by atoms with Crippen molar-refractivity contribution in [2.24, 2.45) is 0 Å². The standard InChI is InChI=1S/C11H14O2S2/c1-12-11(13-2)10(14-3,15-11)9-7-5-4-6-8-9/h4-8H,1-3H3. The van der Waals surface area contributed by atoms with Crippen LogP contribution < -0.4 is 0 Å². The summed E-state index contributed by atoms with van der Waals surface area (Å²) in [7, 11) is 3.38. The molecule has 82 valence electrons. The average Bonchev–Trinajstić information content (AvgIpc) is 3.01. The van der Waals surface area contributed by atoms with Gasteiger partial charge in [0.2, 0.25) is 5.12 Å². The first-order valence-electron chi connectivity index (χ1n) is 4.66. The van der Waals surface area contributed by atoms with E-state index < -0.39 is 5.12 Å². The second-order valence-corrected chi connectivity index (χ2v) is 5.89. The Balaban J connectivity index is 2.35. The third-order valence-corrected chi connectivity index (χ3v) is 6.07. The lowest BCUT2D eigenvalue weighted by Gasteiger charge is -2.19. The smallest absolute Gasteiger partial charge is 0.248 e. The number of methoxy groups -OCH3 is 2. The molecule has 1 aromatic carbocycles. The van der Waals surface area contributed by atoms with Gasteiger partial charge in [0.05, 0.1) is 0 Å². The van der Waals surface area contributed by atoms with Crippen molar-refractivity contribution in [3.05, 3.63) is 35.9 Å². The third-order valence-electron chi connectivity index (χ3n) is 2.62. The maximum atomic E-state index is 5.48. The summed E-state index contributed by atoms with van der Waals surface area (Å²) in [6, 6.07) is 10.3. The summed E-state index contributed by atoms with van der Waals surface area (Å²) in [4.78, 5) is 0. The van der Waals surface area contributed by atoms with Gasteiger partial charge in [-0.25, -0.2) is 0 Å². The van der Waals surface area contributed by atoms with Crippen LogP contribution in [0.25, 0.3) is 0 Å². The minimum Gasteiger partial charge on any atom is -0.343 e. The van der Waals surface area contributed by atoms with Crippen LogP contribution in [0.4, 0.5) is 0 Å². The van der Waals surface area contributed by atoms with E-state index in [1.807, 2.05) is 18.2 Å². The van der Waals surface area contributed by atoms with Gasteiger partial charge in [-0.3, -0.25) is 0 Å². The summed E-state index contributed by atoms with van der Waals surface area (Å²) in [6.07, 6.45) is 2.08. The van der Waals surface area contributed by atoms with Crippen LogP contribution in [0.2, 0.25) is 0 Å². The van der Waals surface area contributed by atoms with Crippen LogP contribution in [-0.4, -0.2) is 25.6 Å². The molecule has 0 radical (unpaired) electrons. The molecule has 4 heteroatoms. The Morgan fingerprint density at radius 2 is 1.73 bits per heavy atom. The van der Waals surface area contributed by atoms with Crippen LogP contribution >= 0.6 is 23.5 Å². The Bertz CT molecular complexity index is 338. The molecule has 1 atom stereocenters. The summed E-state index contributed by atoms with van der Waals surface area (Å²) in [5, 5.41) is -0.520. The highest BCUT2D eigenvalue weighted by Crippen LogP contribution is 2.75. The number of hydrogen-bond acceptors (Lipinski definition) is 4. The second-order valence-electron chi connectivity index (χ2n) is 3.25. The Morgan fingerprint density at radius 1 is 1.13 bits per heavy atom. The van der Waals surface area contributed by atoms with Crippen molar-refractivity contribution in [3.63, 3.8) is 0 Å². The molecule has 0 N–H and O–H groups in total. The van der Waals surface area contributed by atoms with E-state index in [2.05, 4.69) is 18.4 Å². The SMILES string of the molecule is COC1(OC)SC1(SC)c1ccccc1. The highest BCUT2D eigenvalue weighted by atomic mass is 32.2. The van der Waals surface area contributed by atoms with Gasteiger partial charge in [0.25, 0.3) is 0 Å². The van der Waals surface area contributed by atoms with E-state index in [-0.39, 0.29) is 4.08 Å². The predicted octanol–water partition coefficient (Wildman–Crippen LogP) is 2.90. The summed E-state index contributed by atoms with van der Waals surface area (Å²) in [5.74, 6) is 0. The molecule has 1 unspecified atom stereocenters. The highest BCUT2D eigenvalue weighted by molar-refractivity contribution is 8.24. The minimum atomic E-state index is -0.520. The van der Waals surface area contributed by atoms with Gasteiger partial charge in [0, 0.05) is 14.2 Å². The summed E-state index contributed by atoms with van der Waals surface area (Å²) in [5.41, 5.74) is 1.24. The van der Waals surface area contributed by atoms with E-state index in [0.29, 0.717) is 0 Å². The van der Waals surface area contributed by atoms with Crippen molar-refractivity contribution in [3.8, 4) is 0 Å². The predicted molar refractivity (Wildman–Crippen MR) is 66.0 cm³/mol. The molecule has 0 amide bonds. The van der Waals surface area contributed by atoms with Gasteiger partial charge in [0.15, 0.2) is 4.08 Å². The second kappa shape index (κ2) is 4.01. The van der Waals surface area contributed by atoms with Crippen LogP contribution in [0, 0.1) is 0 Å². The van der Waals surface area contributed by atoms with Crippen LogP contribution in [-0.2, 0) is 13.6 Å². The van der Waals surface area contributed by atoms with Crippen molar-refractivity contribution in [2.45, 2.75) is 9.20 Å². The molecule has 1 heterocycles. The molecule has 1 saturated heterocycles. The Labute approximate surface area is 98.7 Å². The zero-order valence-corrected chi connectivity index (χ0v) is 10.7. The van der Waals surface area contributed by atoms with E-state index in [9.17, 15) is 0 Å². The minimum absolute atomic E-state index is 0.113. The molecular formula is C11H14O2S2. The lowest BCUT2D eigenvalue weighted by atomic mass is 10.1. The van der Waals surface area contributed by atoms with Gasteiger partial charge in [-0.05, 0) is 11.8 Å². The molecule has 1 aliphatic heterocycles. The highest BCUT2D eigenvalue weighted by Gasteiger charge is 2.72. The van der Waals surface area contributed by atoms with Gasteiger partial charge in [-0.1, -0.05) is 42.1 Å². The van der Waals surface area contributed by atoms with Crippen LogP contribution in [0.1, 0.15) is 5.56 Å². The monoisotopic (exact) mass is 242 g/mol. The molecule has 1 aliphatic rings. The van der Waals surface area contributed by atoms with E-state index in [4.69, 9.17) is 9.47 Å². The Morgan fingerprint density at radius 3 is 2.13 bits per heavy atom. The van der Waals surface area contributed by atoms with Gasteiger partial charge >= 0.3 is 0 Å². The summed E-state index contributed by atoms with van der Waals surface area (Å²) >= 11 is 3.46. The van der Waals surface area contributed by atoms with Crippen LogP contribution in [0.3, 0.4) is 0 Å².